The van der Waals surface area contributed by atoms with Gasteiger partial charge >= 0.3 is 0 Å². The minimum absolute atomic E-state index is 0.0346. The predicted octanol–water partition coefficient (Wildman–Crippen LogP) is 1.72. The van der Waals surface area contributed by atoms with Crippen molar-refractivity contribution in [3.05, 3.63) is 0 Å². The molecular formula is C18H31N3O2. The van der Waals surface area contributed by atoms with Crippen molar-refractivity contribution in [2.24, 2.45) is 11.3 Å². The van der Waals surface area contributed by atoms with Gasteiger partial charge in [-0.3, -0.25) is 9.59 Å². The summed E-state index contributed by atoms with van der Waals surface area (Å²) in [6.07, 6.45) is 8.92. The zero-order valence-corrected chi connectivity index (χ0v) is 14.4. The van der Waals surface area contributed by atoms with Crippen LogP contribution in [0.1, 0.15) is 64.7 Å². The van der Waals surface area contributed by atoms with Crippen LogP contribution in [0, 0.1) is 11.3 Å². The molecule has 1 aliphatic heterocycles. The first-order valence-corrected chi connectivity index (χ1v) is 9.43. The van der Waals surface area contributed by atoms with Crippen LogP contribution in [-0.2, 0) is 9.59 Å². The number of nitrogens with one attached hydrogen (secondary N) is 3. The average molecular weight is 321 g/mol. The second-order valence-electron chi connectivity index (χ2n) is 7.76. The molecular weight excluding hydrogens is 290 g/mol. The Morgan fingerprint density at radius 1 is 1.09 bits per heavy atom. The third-order valence-corrected chi connectivity index (χ3v) is 6.15. The molecule has 1 saturated heterocycles. The molecule has 3 aliphatic rings. The van der Waals surface area contributed by atoms with Gasteiger partial charge in [-0.25, -0.2) is 0 Å². The third kappa shape index (κ3) is 3.39. The van der Waals surface area contributed by atoms with Gasteiger partial charge in [0.1, 0.15) is 5.54 Å². The maximum Gasteiger partial charge on any atom is 0.245 e. The van der Waals surface area contributed by atoms with E-state index in [9.17, 15) is 9.59 Å². The lowest BCUT2D eigenvalue weighted by Gasteiger charge is -2.37. The Labute approximate surface area is 139 Å². The number of piperidine rings is 1. The molecule has 2 saturated carbocycles. The maximum absolute atomic E-state index is 12.8. The van der Waals surface area contributed by atoms with Gasteiger partial charge in [0.05, 0.1) is 0 Å². The molecule has 0 aromatic rings. The summed E-state index contributed by atoms with van der Waals surface area (Å²) in [5.74, 6) is 0.287. The number of hydrogen-bond acceptors (Lipinski definition) is 3. The molecule has 1 spiro atoms. The quantitative estimate of drug-likeness (QED) is 0.722. The van der Waals surface area contributed by atoms with Gasteiger partial charge in [-0.15, -0.1) is 0 Å². The van der Waals surface area contributed by atoms with Crippen molar-refractivity contribution in [3.8, 4) is 0 Å². The van der Waals surface area contributed by atoms with Gasteiger partial charge in [0.2, 0.25) is 11.8 Å². The number of carbonyl (C=O) groups excluding carboxylic acids is 2. The molecule has 3 fully saturated rings. The van der Waals surface area contributed by atoms with Crippen LogP contribution in [0.25, 0.3) is 0 Å². The molecule has 2 aliphatic carbocycles. The fourth-order valence-corrected chi connectivity index (χ4v) is 4.49. The van der Waals surface area contributed by atoms with Gasteiger partial charge < -0.3 is 16.0 Å². The molecule has 3 rings (SSSR count). The van der Waals surface area contributed by atoms with Crippen molar-refractivity contribution < 1.29 is 9.59 Å². The van der Waals surface area contributed by atoms with Crippen LogP contribution in [-0.4, -0.2) is 37.0 Å². The van der Waals surface area contributed by atoms with Crippen molar-refractivity contribution in [1.82, 2.24) is 16.0 Å². The smallest absolute Gasteiger partial charge is 0.245 e. The van der Waals surface area contributed by atoms with E-state index in [1.807, 2.05) is 0 Å². The first-order chi connectivity index (χ1) is 11.1. The number of carbonyl (C=O) groups is 2. The first-order valence-electron chi connectivity index (χ1n) is 9.43. The molecule has 130 valence electrons. The minimum Gasteiger partial charge on any atom is -0.354 e. The molecule has 5 nitrogen and oxygen atoms in total. The van der Waals surface area contributed by atoms with E-state index in [2.05, 4.69) is 22.9 Å². The average Bonchev–Trinajstić information content (AvgIpc) is 3.27. The molecule has 1 atom stereocenters. The van der Waals surface area contributed by atoms with Gasteiger partial charge in [-0.2, -0.15) is 0 Å². The van der Waals surface area contributed by atoms with Crippen molar-refractivity contribution in [2.45, 2.75) is 70.3 Å². The van der Waals surface area contributed by atoms with Crippen molar-refractivity contribution in [3.63, 3.8) is 0 Å². The summed E-state index contributed by atoms with van der Waals surface area (Å²) in [4.78, 5) is 25.5. The summed E-state index contributed by atoms with van der Waals surface area (Å²) in [6.45, 7) is 4.78. The Hall–Kier alpha value is -1.10. The van der Waals surface area contributed by atoms with E-state index in [-0.39, 0.29) is 23.1 Å². The van der Waals surface area contributed by atoms with E-state index in [0.717, 1.165) is 70.9 Å². The molecule has 1 unspecified atom stereocenters. The highest BCUT2D eigenvalue weighted by Crippen LogP contribution is 2.58. The van der Waals surface area contributed by atoms with Crippen molar-refractivity contribution in [1.29, 1.82) is 0 Å². The minimum atomic E-state index is -0.652. The predicted molar refractivity (Wildman–Crippen MR) is 89.9 cm³/mol. The van der Waals surface area contributed by atoms with E-state index in [1.165, 1.54) is 0 Å². The zero-order valence-electron chi connectivity index (χ0n) is 14.4. The lowest BCUT2D eigenvalue weighted by Crippen LogP contribution is -2.60. The Morgan fingerprint density at radius 2 is 1.78 bits per heavy atom. The number of rotatable bonds is 5. The second kappa shape index (κ2) is 6.80. The van der Waals surface area contributed by atoms with Gasteiger partial charge in [0.25, 0.3) is 0 Å². The van der Waals surface area contributed by atoms with Gasteiger partial charge in [-0.05, 0) is 57.0 Å². The van der Waals surface area contributed by atoms with Crippen LogP contribution in [0.15, 0.2) is 0 Å². The van der Waals surface area contributed by atoms with E-state index in [4.69, 9.17) is 0 Å². The highest BCUT2D eigenvalue weighted by Gasteiger charge is 2.58. The number of hydrogen-bond donors (Lipinski definition) is 3. The van der Waals surface area contributed by atoms with Crippen LogP contribution in [0.3, 0.4) is 0 Å². The molecule has 0 aromatic carbocycles. The molecule has 0 bridgehead atoms. The maximum atomic E-state index is 12.8. The molecule has 3 N–H and O–H groups in total. The van der Waals surface area contributed by atoms with Gasteiger partial charge in [-0.1, -0.05) is 26.2 Å². The highest BCUT2D eigenvalue weighted by atomic mass is 16.2. The molecule has 1 heterocycles. The lowest BCUT2D eigenvalue weighted by molar-refractivity contribution is -0.136. The summed E-state index contributed by atoms with van der Waals surface area (Å²) < 4.78 is 0. The SMILES string of the molecule is CCCNC(=O)C1(NC(=O)C2CC23CCNCC3)CCCCC1. The van der Waals surface area contributed by atoms with E-state index < -0.39 is 5.54 Å². The fraction of sp³-hybridized carbons (Fsp3) is 0.889. The van der Waals surface area contributed by atoms with Crippen molar-refractivity contribution >= 4 is 11.8 Å². The van der Waals surface area contributed by atoms with Crippen LogP contribution in [0.2, 0.25) is 0 Å². The Kier molecular flexibility index (Phi) is 4.95. The normalized spacial score (nSPS) is 28.1. The Balaban J connectivity index is 1.64. The lowest BCUT2D eigenvalue weighted by atomic mass is 9.80. The molecule has 2 amide bonds. The van der Waals surface area contributed by atoms with Crippen molar-refractivity contribution in [2.75, 3.05) is 19.6 Å². The molecule has 0 aromatic heterocycles. The fourth-order valence-electron chi connectivity index (χ4n) is 4.49. The third-order valence-electron chi connectivity index (χ3n) is 6.15. The van der Waals surface area contributed by atoms with Gasteiger partial charge in [0, 0.05) is 12.5 Å². The number of amides is 2. The van der Waals surface area contributed by atoms with Crippen LogP contribution in [0.5, 0.6) is 0 Å². The largest absolute Gasteiger partial charge is 0.354 e. The van der Waals surface area contributed by atoms with E-state index in [0.29, 0.717) is 6.54 Å². The topological polar surface area (TPSA) is 70.2 Å². The summed E-state index contributed by atoms with van der Waals surface area (Å²) in [6, 6.07) is 0. The van der Waals surface area contributed by atoms with E-state index >= 15 is 0 Å². The van der Waals surface area contributed by atoms with Crippen LogP contribution >= 0.6 is 0 Å². The van der Waals surface area contributed by atoms with Crippen LogP contribution < -0.4 is 16.0 Å². The van der Waals surface area contributed by atoms with Crippen LogP contribution in [0.4, 0.5) is 0 Å². The standard InChI is InChI=1S/C18H31N3O2/c1-2-10-20-16(23)18(6-4-3-5-7-18)21-15(22)14-13-17(14)8-11-19-12-9-17/h14,19H,2-13H2,1H3,(H,20,23)(H,21,22). The summed E-state index contributed by atoms with van der Waals surface area (Å²) in [5, 5.41) is 9.59. The zero-order chi connectivity index (χ0) is 16.3. The summed E-state index contributed by atoms with van der Waals surface area (Å²) in [7, 11) is 0. The molecule has 5 heteroatoms. The monoisotopic (exact) mass is 321 g/mol. The van der Waals surface area contributed by atoms with E-state index in [1.54, 1.807) is 0 Å². The Morgan fingerprint density at radius 3 is 2.43 bits per heavy atom. The molecule has 23 heavy (non-hydrogen) atoms. The first kappa shape index (κ1) is 16.7. The van der Waals surface area contributed by atoms with Gasteiger partial charge in [0.15, 0.2) is 0 Å². The Bertz CT molecular complexity index is 451. The highest BCUT2D eigenvalue weighted by molar-refractivity contribution is 5.93. The second-order valence-corrected chi connectivity index (χ2v) is 7.76. The molecule has 0 radical (unpaired) electrons. The summed E-state index contributed by atoms with van der Waals surface area (Å²) >= 11 is 0. The summed E-state index contributed by atoms with van der Waals surface area (Å²) in [5.41, 5.74) is -0.424.